The topological polar surface area (TPSA) is 42.1 Å². The lowest BCUT2D eigenvalue weighted by Crippen LogP contribution is -2.04. The van der Waals surface area contributed by atoms with Crippen LogP contribution >= 0.6 is 0 Å². The van der Waals surface area contributed by atoms with Crippen molar-refractivity contribution in [2.45, 2.75) is 20.8 Å². The second-order valence-electron chi connectivity index (χ2n) is 5.47. The van der Waals surface area contributed by atoms with Gasteiger partial charge in [-0.15, -0.1) is 0 Å². The zero-order chi connectivity index (χ0) is 15.7. The Hall–Kier alpha value is -2.55. The van der Waals surface area contributed by atoms with Gasteiger partial charge in [-0.05, 0) is 43.5 Å². The maximum atomic E-state index is 11.9. The zero-order valence-electron chi connectivity index (χ0n) is 13.1. The van der Waals surface area contributed by atoms with Gasteiger partial charge < -0.3 is 9.72 Å². The van der Waals surface area contributed by atoms with E-state index in [-0.39, 0.29) is 5.97 Å². The van der Waals surface area contributed by atoms with Gasteiger partial charge in [0.25, 0.3) is 0 Å². The van der Waals surface area contributed by atoms with Gasteiger partial charge in [0.2, 0.25) is 0 Å². The average molecular weight is 293 g/mol. The molecule has 0 saturated heterocycles. The number of para-hydroxylation sites is 1. The summed E-state index contributed by atoms with van der Waals surface area (Å²) in [7, 11) is 0. The van der Waals surface area contributed by atoms with Crippen molar-refractivity contribution in [1.82, 2.24) is 4.98 Å². The number of hydrogen-bond acceptors (Lipinski definition) is 2. The van der Waals surface area contributed by atoms with E-state index >= 15 is 0 Å². The van der Waals surface area contributed by atoms with Crippen LogP contribution in [0.1, 0.15) is 28.5 Å². The summed E-state index contributed by atoms with van der Waals surface area (Å²) in [5, 5.41) is 1.01. The minimum absolute atomic E-state index is 0.315. The number of fused-ring (bicyclic) bond motifs is 1. The molecule has 2 aromatic carbocycles. The number of aryl methyl sites for hydroxylation is 2. The molecule has 0 radical (unpaired) electrons. The Labute approximate surface area is 129 Å². The van der Waals surface area contributed by atoms with Crippen LogP contribution in [0.3, 0.4) is 0 Å². The smallest absolute Gasteiger partial charge is 0.354 e. The van der Waals surface area contributed by atoms with Gasteiger partial charge in [0.05, 0.1) is 12.1 Å². The quantitative estimate of drug-likeness (QED) is 0.715. The number of benzene rings is 2. The molecule has 0 unspecified atom stereocenters. The fourth-order valence-electron chi connectivity index (χ4n) is 2.62. The van der Waals surface area contributed by atoms with E-state index in [0.29, 0.717) is 12.3 Å². The van der Waals surface area contributed by atoms with Gasteiger partial charge >= 0.3 is 5.97 Å². The highest BCUT2D eigenvalue weighted by atomic mass is 16.5. The number of esters is 1. The zero-order valence-corrected chi connectivity index (χ0v) is 13.1. The van der Waals surface area contributed by atoms with Crippen LogP contribution in [0.2, 0.25) is 0 Å². The molecule has 112 valence electrons. The molecule has 0 bridgehead atoms. The number of carbonyl (C=O) groups excluding carboxylic acids is 1. The molecule has 3 rings (SSSR count). The number of aromatic nitrogens is 1. The molecule has 22 heavy (non-hydrogen) atoms. The van der Waals surface area contributed by atoms with Crippen LogP contribution in [0.5, 0.6) is 0 Å². The number of hydrogen-bond donors (Lipinski definition) is 1. The van der Waals surface area contributed by atoms with Crippen molar-refractivity contribution in [1.29, 1.82) is 0 Å². The van der Waals surface area contributed by atoms with Crippen molar-refractivity contribution in [3.63, 3.8) is 0 Å². The maximum Gasteiger partial charge on any atom is 0.354 e. The van der Waals surface area contributed by atoms with Crippen molar-refractivity contribution in [2.24, 2.45) is 0 Å². The highest BCUT2D eigenvalue weighted by Crippen LogP contribution is 2.30. The van der Waals surface area contributed by atoms with Gasteiger partial charge in [0, 0.05) is 10.9 Å². The third-order valence-electron chi connectivity index (χ3n) is 3.97. The molecule has 0 aliphatic carbocycles. The predicted octanol–water partition coefficient (Wildman–Crippen LogP) is 4.63. The molecule has 0 aliphatic rings. The number of ether oxygens (including phenoxy) is 1. The van der Waals surface area contributed by atoms with Crippen molar-refractivity contribution in [3.05, 3.63) is 59.3 Å². The van der Waals surface area contributed by atoms with Crippen LogP contribution in [-0.2, 0) is 4.74 Å². The lowest BCUT2D eigenvalue weighted by Gasteiger charge is -2.07. The summed E-state index contributed by atoms with van der Waals surface area (Å²) in [6.45, 7) is 6.39. The summed E-state index contributed by atoms with van der Waals surface area (Å²) in [5.41, 5.74) is 6.23. The Morgan fingerprint density at radius 3 is 2.64 bits per heavy atom. The average Bonchev–Trinajstić information content (AvgIpc) is 2.94. The molecule has 0 spiro atoms. The van der Waals surface area contributed by atoms with Crippen LogP contribution < -0.4 is 0 Å². The monoisotopic (exact) mass is 293 g/mol. The van der Waals surface area contributed by atoms with Crippen molar-refractivity contribution >= 4 is 16.9 Å². The van der Waals surface area contributed by atoms with Gasteiger partial charge in [0.1, 0.15) is 5.69 Å². The lowest BCUT2D eigenvalue weighted by atomic mass is 9.99. The van der Waals surface area contributed by atoms with E-state index in [1.807, 2.05) is 18.2 Å². The molecule has 0 atom stereocenters. The second kappa shape index (κ2) is 5.68. The molecular weight excluding hydrogens is 274 g/mol. The minimum Gasteiger partial charge on any atom is -0.461 e. The number of carbonyl (C=O) groups is 1. The summed E-state index contributed by atoms with van der Waals surface area (Å²) in [5.74, 6) is -0.315. The molecule has 1 heterocycles. The van der Waals surface area contributed by atoms with Crippen molar-refractivity contribution in [2.75, 3.05) is 6.61 Å². The Balaban J connectivity index is 2.13. The van der Waals surface area contributed by atoms with E-state index in [2.05, 4.69) is 43.1 Å². The van der Waals surface area contributed by atoms with Crippen LogP contribution in [0.4, 0.5) is 0 Å². The van der Waals surface area contributed by atoms with E-state index in [9.17, 15) is 4.79 Å². The van der Waals surface area contributed by atoms with Gasteiger partial charge in [0.15, 0.2) is 0 Å². The summed E-state index contributed by atoms with van der Waals surface area (Å²) >= 11 is 0. The van der Waals surface area contributed by atoms with E-state index in [4.69, 9.17) is 4.74 Å². The number of nitrogens with one attached hydrogen (secondary N) is 1. The molecular formula is C19H19NO2. The molecule has 0 saturated carbocycles. The molecule has 3 heteroatoms. The van der Waals surface area contributed by atoms with E-state index < -0.39 is 0 Å². The standard InChI is InChI=1S/C19H19NO2/c1-4-22-19(21)17-11-15-6-5-7-16(18(15)20-17)14-9-8-12(2)13(3)10-14/h5-11,20H,4H2,1-3H3. The third-order valence-corrected chi connectivity index (χ3v) is 3.97. The highest BCUT2D eigenvalue weighted by Gasteiger charge is 2.13. The Bertz CT molecular complexity index is 846. The molecule has 3 nitrogen and oxygen atoms in total. The van der Waals surface area contributed by atoms with E-state index in [1.54, 1.807) is 6.92 Å². The molecule has 0 fully saturated rings. The Kier molecular flexibility index (Phi) is 3.72. The van der Waals surface area contributed by atoms with Crippen molar-refractivity contribution < 1.29 is 9.53 Å². The first-order chi connectivity index (χ1) is 10.6. The molecule has 1 aromatic heterocycles. The van der Waals surface area contributed by atoms with Crippen LogP contribution in [0.25, 0.3) is 22.0 Å². The fraction of sp³-hybridized carbons (Fsp3) is 0.211. The number of H-pyrrole nitrogens is 1. The normalized spacial score (nSPS) is 10.9. The van der Waals surface area contributed by atoms with E-state index in [0.717, 1.165) is 22.0 Å². The Morgan fingerprint density at radius 1 is 1.09 bits per heavy atom. The van der Waals surface area contributed by atoms with Crippen LogP contribution in [0.15, 0.2) is 42.5 Å². The van der Waals surface area contributed by atoms with Gasteiger partial charge in [-0.2, -0.15) is 0 Å². The van der Waals surface area contributed by atoms with Crippen molar-refractivity contribution in [3.8, 4) is 11.1 Å². The van der Waals surface area contributed by atoms with Crippen LogP contribution in [-0.4, -0.2) is 17.6 Å². The molecule has 0 amide bonds. The first-order valence-electron chi connectivity index (χ1n) is 7.46. The van der Waals surface area contributed by atoms with E-state index in [1.165, 1.54) is 11.1 Å². The molecule has 3 aromatic rings. The van der Waals surface area contributed by atoms with Gasteiger partial charge in [-0.3, -0.25) is 0 Å². The van der Waals surface area contributed by atoms with Gasteiger partial charge in [-0.1, -0.05) is 36.4 Å². The lowest BCUT2D eigenvalue weighted by molar-refractivity contribution is 0.0520. The molecule has 0 aliphatic heterocycles. The van der Waals surface area contributed by atoms with Crippen LogP contribution in [0, 0.1) is 13.8 Å². The summed E-state index contributed by atoms with van der Waals surface area (Å²) in [4.78, 5) is 15.1. The fourth-order valence-corrected chi connectivity index (χ4v) is 2.62. The summed E-state index contributed by atoms with van der Waals surface area (Å²) in [6.07, 6.45) is 0. The summed E-state index contributed by atoms with van der Waals surface area (Å²) < 4.78 is 5.07. The summed E-state index contributed by atoms with van der Waals surface area (Å²) in [6, 6.07) is 14.3. The van der Waals surface area contributed by atoms with Gasteiger partial charge in [-0.25, -0.2) is 4.79 Å². The molecule has 1 N–H and O–H groups in total. The minimum atomic E-state index is -0.315. The number of rotatable bonds is 3. The number of aromatic amines is 1. The second-order valence-corrected chi connectivity index (χ2v) is 5.47. The largest absolute Gasteiger partial charge is 0.461 e. The highest BCUT2D eigenvalue weighted by molar-refractivity contribution is 6.00. The first-order valence-corrected chi connectivity index (χ1v) is 7.46. The first kappa shape index (κ1) is 14.4. The maximum absolute atomic E-state index is 11.9. The SMILES string of the molecule is CCOC(=O)c1cc2cccc(-c3ccc(C)c(C)c3)c2[nH]1. The predicted molar refractivity (Wildman–Crippen MR) is 89.2 cm³/mol. The Morgan fingerprint density at radius 2 is 1.91 bits per heavy atom. The third kappa shape index (κ3) is 2.50.